The summed E-state index contributed by atoms with van der Waals surface area (Å²) in [5, 5.41) is 0. The molecule has 148 valence electrons. The van der Waals surface area contributed by atoms with E-state index in [1.54, 1.807) is 11.8 Å². The predicted molar refractivity (Wildman–Crippen MR) is 99.6 cm³/mol. The van der Waals surface area contributed by atoms with E-state index in [9.17, 15) is 14.4 Å². The maximum atomic E-state index is 13.0. The number of amides is 2. The van der Waals surface area contributed by atoms with Crippen LogP contribution in [0.2, 0.25) is 0 Å². The molecule has 0 bridgehead atoms. The van der Waals surface area contributed by atoms with Gasteiger partial charge in [0.25, 0.3) is 0 Å². The molecule has 7 heteroatoms. The molecule has 3 rings (SSSR count). The fraction of sp³-hybridized carbons (Fsp3) is 0.650. The van der Waals surface area contributed by atoms with Crippen LogP contribution in [0.4, 0.5) is 0 Å². The van der Waals surface area contributed by atoms with Crippen LogP contribution in [0.5, 0.6) is 0 Å². The molecule has 0 N–H and O–H groups in total. The summed E-state index contributed by atoms with van der Waals surface area (Å²) in [5.74, 6) is -0.500. The summed E-state index contributed by atoms with van der Waals surface area (Å²) in [6.45, 7) is 2.73. The summed E-state index contributed by atoms with van der Waals surface area (Å²) >= 11 is 0. The van der Waals surface area contributed by atoms with Crippen molar-refractivity contribution in [2.24, 2.45) is 7.05 Å². The normalized spacial score (nSPS) is 16.1. The van der Waals surface area contributed by atoms with Gasteiger partial charge in [0.1, 0.15) is 6.54 Å². The van der Waals surface area contributed by atoms with E-state index < -0.39 is 0 Å². The molecule has 2 saturated carbocycles. The molecule has 2 amide bonds. The van der Waals surface area contributed by atoms with Crippen molar-refractivity contribution in [2.45, 2.75) is 64.1 Å². The number of nitrogens with zero attached hydrogens (tertiary/aromatic N) is 3. The Labute approximate surface area is 160 Å². The maximum Gasteiger partial charge on any atom is 0.306 e. The van der Waals surface area contributed by atoms with Crippen LogP contribution in [-0.4, -0.2) is 57.4 Å². The molecule has 0 aromatic carbocycles. The molecule has 0 aliphatic heterocycles. The number of esters is 1. The van der Waals surface area contributed by atoms with Gasteiger partial charge in [0.15, 0.2) is 0 Å². The second-order valence-electron chi connectivity index (χ2n) is 7.42. The van der Waals surface area contributed by atoms with Gasteiger partial charge in [0.05, 0.1) is 19.6 Å². The van der Waals surface area contributed by atoms with Crippen LogP contribution >= 0.6 is 0 Å². The third-order valence-corrected chi connectivity index (χ3v) is 5.15. The number of ether oxygens (including phenoxy) is 1. The number of hydrogen-bond acceptors (Lipinski definition) is 4. The lowest BCUT2D eigenvalue weighted by molar-refractivity contribution is -0.146. The van der Waals surface area contributed by atoms with Crippen molar-refractivity contribution in [1.82, 2.24) is 14.4 Å². The first-order valence-electron chi connectivity index (χ1n) is 9.84. The lowest BCUT2D eigenvalue weighted by Crippen LogP contribution is -2.44. The van der Waals surface area contributed by atoms with Gasteiger partial charge in [-0.25, -0.2) is 0 Å². The fourth-order valence-corrected chi connectivity index (χ4v) is 3.27. The molecule has 2 aliphatic carbocycles. The zero-order chi connectivity index (χ0) is 19.4. The van der Waals surface area contributed by atoms with Crippen LogP contribution < -0.4 is 0 Å². The Morgan fingerprint density at radius 2 is 1.74 bits per heavy atom. The summed E-state index contributed by atoms with van der Waals surface area (Å²) < 4.78 is 6.91. The summed E-state index contributed by atoms with van der Waals surface area (Å²) in [6.07, 6.45) is 6.05. The fourth-order valence-electron chi connectivity index (χ4n) is 3.27. The Balaban J connectivity index is 1.59. The van der Waals surface area contributed by atoms with Crippen LogP contribution in [0.1, 0.15) is 51.1 Å². The van der Waals surface area contributed by atoms with Crippen molar-refractivity contribution in [3.05, 3.63) is 24.0 Å². The highest BCUT2D eigenvalue weighted by Gasteiger charge is 2.38. The minimum atomic E-state index is -0.365. The molecule has 2 fully saturated rings. The minimum Gasteiger partial charge on any atom is -0.466 e. The van der Waals surface area contributed by atoms with Crippen molar-refractivity contribution >= 4 is 17.8 Å². The summed E-state index contributed by atoms with van der Waals surface area (Å²) in [4.78, 5) is 40.7. The lowest BCUT2D eigenvalue weighted by Gasteiger charge is -2.28. The number of rotatable bonds is 10. The second kappa shape index (κ2) is 8.59. The standard InChI is InChI=1S/C20H29N3O4/c1-3-27-20(26)11-10-18(24)23(16-8-9-16)14-19(25)22(15-6-7-15)13-17-5-4-12-21(17)2/h4-5,12,15-16H,3,6-11,13-14H2,1-2H3. The van der Waals surface area contributed by atoms with E-state index in [1.165, 1.54) is 0 Å². The molecular formula is C20H29N3O4. The van der Waals surface area contributed by atoms with Gasteiger partial charge in [-0.1, -0.05) is 0 Å². The topological polar surface area (TPSA) is 71.8 Å². The first kappa shape index (κ1) is 19.5. The highest BCUT2D eigenvalue weighted by Crippen LogP contribution is 2.31. The van der Waals surface area contributed by atoms with Crippen molar-refractivity contribution < 1.29 is 19.1 Å². The Morgan fingerprint density at radius 3 is 2.30 bits per heavy atom. The van der Waals surface area contributed by atoms with Gasteiger partial charge in [0.2, 0.25) is 11.8 Å². The molecule has 0 spiro atoms. The Kier molecular flexibility index (Phi) is 6.19. The van der Waals surface area contributed by atoms with Crippen molar-refractivity contribution in [1.29, 1.82) is 0 Å². The number of aromatic nitrogens is 1. The molecule has 0 radical (unpaired) electrons. The maximum absolute atomic E-state index is 13.0. The van der Waals surface area contributed by atoms with E-state index in [2.05, 4.69) is 0 Å². The zero-order valence-corrected chi connectivity index (χ0v) is 16.2. The van der Waals surface area contributed by atoms with Gasteiger partial charge in [-0.3, -0.25) is 14.4 Å². The molecule has 2 aliphatic rings. The molecule has 27 heavy (non-hydrogen) atoms. The molecule has 0 saturated heterocycles. The highest BCUT2D eigenvalue weighted by molar-refractivity contribution is 5.87. The Hall–Kier alpha value is -2.31. The van der Waals surface area contributed by atoms with Crippen LogP contribution in [-0.2, 0) is 32.7 Å². The molecule has 1 heterocycles. The average Bonchev–Trinajstić information content (AvgIpc) is 3.55. The SMILES string of the molecule is CCOC(=O)CCC(=O)N(CC(=O)N(Cc1cccn1C)C1CC1)C1CC1. The van der Waals surface area contributed by atoms with Gasteiger partial charge in [-0.15, -0.1) is 0 Å². The number of carbonyl (C=O) groups is 3. The lowest BCUT2D eigenvalue weighted by atomic mass is 10.2. The van der Waals surface area contributed by atoms with Crippen molar-refractivity contribution in [3.8, 4) is 0 Å². The van der Waals surface area contributed by atoms with E-state index in [4.69, 9.17) is 4.74 Å². The van der Waals surface area contributed by atoms with E-state index in [0.29, 0.717) is 13.2 Å². The predicted octanol–water partition coefficient (Wildman–Crippen LogP) is 1.85. The average molecular weight is 375 g/mol. The molecule has 7 nitrogen and oxygen atoms in total. The quantitative estimate of drug-likeness (QED) is 0.585. The monoisotopic (exact) mass is 375 g/mol. The van der Waals surface area contributed by atoms with Crippen LogP contribution in [0.15, 0.2) is 18.3 Å². The second-order valence-corrected chi connectivity index (χ2v) is 7.42. The third kappa shape index (κ3) is 5.34. The first-order chi connectivity index (χ1) is 13.0. The summed E-state index contributed by atoms with van der Waals surface area (Å²) in [5.41, 5.74) is 1.09. The van der Waals surface area contributed by atoms with Crippen LogP contribution in [0, 0.1) is 0 Å². The Morgan fingerprint density at radius 1 is 1.07 bits per heavy atom. The highest BCUT2D eigenvalue weighted by atomic mass is 16.5. The molecule has 0 unspecified atom stereocenters. The number of hydrogen-bond donors (Lipinski definition) is 0. The van der Waals surface area contributed by atoms with Gasteiger partial charge < -0.3 is 19.1 Å². The van der Waals surface area contributed by atoms with Crippen LogP contribution in [0.25, 0.3) is 0 Å². The first-order valence-corrected chi connectivity index (χ1v) is 9.84. The van der Waals surface area contributed by atoms with E-state index >= 15 is 0 Å². The largest absolute Gasteiger partial charge is 0.466 e. The van der Waals surface area contributed by atoms with Crippen molar-refractivity contribution in [3.63, 3.8) is 0 Å². The van der Waals surface area contributed by atoms with Gasteiger partial charge in [-0.2, -0.15) is 0 Å². The minimum absolute atomic E-state index is 0.00455. The smallest absolute Gasteiger partial charge is 0.306 e. The van der Waals surface area contributed by atoms with Crippen molar-refractivity contribution in [2.75, 3.05) is 13.2 Å². The van der Waals surface area contributed by atoms with Gasteiger partial charge in [-0.05, 0) is 44.7 Å². The summed E-state index contributed by atoms with van der Waals surface area (Å²) in [7, 11) is 1.97. The molecule has 1 aromatic rings. The van der Waals surface area contributed by atoms with E-state index in [-0.39, 0.29) is 49.3 Å². The molecule has 0 atom stereocenters. The van der Waals surface area contributed by atoms with Crippen LogP contribution in [0.3, 0.4) is 0 Å². The van der Waals surface area contributed by atoms with Gasteiger partial charge in [0, 0.05) is 37.4 Å². The summed E-state index contributed by atoms with van der Waals surface area (Å²) in [6, 6.07) is 4.41. The number of aryl methyl sites for hydroxylation is 1. The van der Waals surface area contributed by atoms with E-state index in [1.807, 2.05) is 34.8 Å². The van der Waals surface area contributed by atoms with E-state index in [0.717, 1.165) is 31.4 Å². The number of carbonyl (C=O) groups excluding carboxylic acids is 3. The third-order valence-electron chi connectivity index (χ3n) is 5.15. The zero-order valence-electron chi connectivity index (χ0n) is 16.2. The Bertz CT molecular complexity index is 691. The molecular weight excluding hydrogens is 346 g/mol. The van der Waals surface area contributed by atoms with Gasteiger partial charge >= 0.3 is 5.97 Å². The molecule has 1 aromatic heterocycles.